The fraction of sp³-hybridized carbons (Fsp3) is 0.167. The van der Waals surface area contributed by atoms with Crippen molar-refractivity contribution in [3.05, 3.63) is 56.7 Å². The van der Waals surface area contributed by atoms with Crippen molar-refractivity contribution in [3.8, 4) is 0 Å². The molecule has 5 heteroatoms. The van der Waals surface area contributed by atoms with Gasteiger partial charge in [-0.15, -0.1) is 0 Å². The molecule has 0 saturated carbocycles. The zero-order valence-corrected chi connectivity index (χ0v) is 10.2. The van der Waals surface area contributed by atoms with E-state index in [-0.39, 0.29) is 5.56 Å². The molecular formula is C12H13N3OS. The normalized spacial score (nSPS) is 10.2. The summed E-state index contributed by atoms with van der Waals surface area (Å²) < 4.78 is 0.342. The van der Waals surface area contributed by atoms with Crippen LogP contribution in [-0.4, -0.2) is 9.97 Å². The van der Waals surface area contributed by atoms with Crippen LogP contribution in [0.5, 0.6) is 0 Å². The van der Waals surface area contributed by atoms with Gasteiger partial charge in [0.1, 0.15) is 0 Å². The van der Waals surface area contributed by atoms with Crippen LogP contribution in [0.2, 0.25) is 0 Å². The number of aromatic amines is 2. The van der Waals surface area contributed by atoms with Gasteiger partial charge in [0.15, 0.2) is 4.77 Å². The Balaban J connectivity index is 2.10. The summed E-state index contributed by atoms with van der Waals surface area (Å²) in [6.07, 6.45) is 1.63. The molecule has 0 unspecified atom stereocenters. The smallest absolute Gasteiger partial charge is 0.256 e. The zero-order chi connectivity index (χ0) is 12.3. The van der Waals surface area contributed by atoms with Crippen molar-refractivity contribution in [3.63, 3.8) is 0 Å². The van der Waals surface area contributed by atoms with Crippen molar-refractivity contribution in [1.29, 1.82) is 0 Å². The fourth-order valence-corrected chi connectivity index (χ4v) is 1.59. The van der Waals surface area contributed by atoms with Gasteiger partial charge in [-0.1, -0.05) is 17.7 Å². The van der Waals surface area contributed by atoms with E-state index in [4.69, 9.17) is 12.2 Å². The molecule has 1 aromatic heterocycles. The zero-order valence-electron chi connectivity index (χ0n) is 9.41. The second-order valence-electron chi connectivity index (χ2n) is 3.82. The molecule has 1 aromatic carbocycles. The Hall–Kier alpha value is -1.88. The summed E-state index contributed by atoms with van der Waals surface area (Å²) in [5.74, 6) is 0. The molecule has 0 atom stereocenters. The van der Waals surface area contributed by atoms with Crippen LogP contribution in [-0.2, 0) is 6.54 Å². The van der Waals surface area contributed by atoms with E-state index in [1.54, 1.807) is 6.20 Å². The molecule has 4 nitrogen and oxygen atoms in total. The molecule has 17 heavy (non-hydrogen) atoms. The average molecular weight is 247 g/mol. The molecule has 0 spiro atoms. The first-order valence-corrected chi connectivity index (χ1v) is 5.67. The number of anilines is 1. The number of rotatable bonds is 3. The lowest BCUT2D eigenvalue weighted by Crippen LogP contribution is -2.16. The maximum Gasteiger partial charge on any atom is 0.256 e. The molecule has 0 saturated heterocycles. The van der Waals surface area contributed by atoms with Crippen LogP contribution < -0.4 is 10.9 Å². The number of hydrogen-bond donors (Lipinski definition) is 3. The standard InChI is InChI=1S/C12H13N3OS/c1-8-2-4-10(5-3-8)13-6-9-7-14-12(17)15-11(9)16/h2-5,7,13H,6H2,1H3,(H2,14,15,16,17). The van der Waals surface area contributed by atoms with Crippen LogP contribution in [0.25, 0.3) is 0 Å². The van der Waals surface area contributed by atoms with Crippen molar-refractivity contribution >= 4 is 17.9 Å². The summed E-state index contributed by atoms with van der Waals surface area (Å²) in [7, 11) is 0. The van der Waals surface area contributed by atoms with Gasteiger partial charge in [-0.25, -0.2) is 0 Å². The Bertz CT molecular complexity index is 613. The van der Waals surface area contributed by atoms with E-state index in [0.717, 1.165) is 5.69 Å². The van der Waals surface area contributed by atoms with Crippen molar-refractivity contribution < 1.29 is 0 Å². The number of hydrogen-bond acceptors (Lipinski definition) is 3. The minimum Gasteiger partial charge on any atom is -0.381 e. The predicted octanol–water partition coefficient (Wildman–Crippen LogP) is 2.35. The highest BCUT2D eigenvalue weighted by Gasteiger charge is 1.99. The van der Waals surface area contributed by atoms with E-state index < -0.39 is 0 Å². The molecule has 2 rings (SSSR count). The average Bonchev–Trinajstić information content (AvgIpc) is 2.30. The van der Waals surface area contributed by atoms with Crippen molar-refractivity contribution in [1.82, 2.24) is 9.97 Å². The van der Waals surface area contributed by atoms with Gasteiger partial charge in [-0.3, -0.25) is 9.78 Å². The van der Waals surface area contributed by atoms with Gasteiger partial charge in [0.2, 0.25) is 0 Å². The highest BCUT2D eigenvalue weighted by Crippen LogP contribution is 2.09. The van der Waals surface area contributed by atoms with Crippen LogP contribution >= 0.6 is 12.2 Å². The first-order chi connectivity index (χ1) is 8.15. The van der Waals surface area contributed by atoms with Crippen LogP contribution in [0, 0.1) is 11.7 Å². The molecule has 0 bridgehead atoms. The Morgan fingerprint density at radius 3 is 2.65 bits per heavy atom. The van der Waals surface area contributed by atoms with Gasteiger partial charge >= 0.3 is 0 Å². The summed E-state index contributed by atoms with van der Waals surface area (Å²) >= 11 is 4.82. The minimum atomic E-state index is -0.159. The molecule has 3 N–H and O–H groups in total. The fourth-order valence-electron chi connectivity index (χ4n) is 1.44. The van der Waals surface area contributed by atoms with Crippen molar-refractivity contribution in [2.75, 3.05) is 5.32 Å². The summed E-state index contributed by atoms with van der Waals surface area (Å²) in [6, 6.07) is 8.00. The van der Waals surface area contributed by atoms with Crippen LogP contribution in [0.4, 0.5) is 5.69 Å². The van der Waals surface area contributed by atoms with E-state index in [1.165, 1.54) is 5.56 Å². The van der Waals surface area contributed by atoms with Gasteiger partial charge in [0.25, 0.3) is 5.56 Å². The molecule has 0 radical (unpaired) electrons. The van der Waals surface area contributed by atoms with Gasteiger partial charge in [0, 0.05) is 18.4 Å². The summed E-state index contributed by atoms with van der Waals surface area (Å²) in [4.78, 5) is 16.9. The molecule has 1 heterocycles. The summed E-state index contributed by atoms with van der Waals surface area (Å²) in [5, 5.41) is 3.17. The quantitative estimate of drug-likeness (QED) is 0.730. The molecule has 0 aliphatic rings. The second kappa shape index (κ2) is 4.97. The van der Waals surface area contributed by atoms with Crippen LogP contribution in [0.3, 0.4) is 0 Å². The highest BCUT2D eigenvalue weighted by molar-refractivity contribution is 7.71. The maximum absolute atomic E-state index is 11.5. The van der Waals surface area contributed by atoms with Gasteiger partial charge in [-0.2, -0.15) is 0 Å². The Morgan fingerprint density at radius 1 is 1.29 bits per heavy atom. The SMILES string of the molecule is Cc1ccc(NCc2c[nH]c(=S)[nH]c2=O)cc1. The third kappa shape index (κ3) is 3.04. The number of nitrogens with one attached hydrogen (secondary N) is 3. The molecule has 0 aliphatic carbocycles. The first kappa shape index (κ1) is 11.6. The largest absolute Gasteiger partial charge is 0.381 e. The van der Waals surface area contributed by atoms with Crippen LogP contribution in [0.1, 0.15) is 11.1 Å². The van der Waals surface area contributed by atoms with Crippen LogP contribution in [0.15, 0.2) is 35.3 Å². The summed E-state index contributed by atoms with van der Waals surface area (Å²) in [5.41, 5.74) is 2.65. The van der Waals surface area contributed by atoms with Gasteiger partial charge in [0.05, 0.1) is 5.56 Å². The molecule has 0 aliphatic heterocycles. The molecule has 2 aromatic rings. The Morgan fingerprint density at radius 2 is 2.00 bits per heavy atom. The van der Waals surface area contributed by atoms with Crippen molar-refractivity contribution in [2.24, 2.45) is 0 Å². The Labute approximate surface area is 104 Å². The highest BCUT2D eigenvalue weighted by atomic mass is 32.1. The van der Waals surface area contributed by atoms with E-state index in [0.29, 0.717) is 16.9 Å². The molecule has 0 fully saturated rings. The second-order valence-corrected chi connectivity index (χ2v) is 4.22. The van der Waals surface area contributed by atoms with E-state index in [2.05, 4.69) is 15.3 Å². The predicted molar refractivity (Wildman–Crippen MR) is 70.8 cm³/mol. The van der Waals surface area contributed by atoms with Gasteiger partial charge in [-0.05, 0) is 31.3 Å². The van der Waals surface area contributed by atoms with E-state index >= 15 is 0 Å². The third-order valence-corrected chi connectivity index (χ3v) is 2.65. The van der Waals surface area contributed by atoms with E-state index in [1.807, 2.05) is 31.2 Å². The Kier molecular flexibility index (Phi) is 3.39. The minimum absolute atomic E-state index is 0.159. The third-order valence-electron chi connectivity index (χ3n) is 2.43. The van der Waals surface area contributed by atoms with Crippen molar-refractivity contribution in [2.45, 2.75) is 13.5 Å². The van der Waals surface area contributed by atoms with E-state index in [9.17, 15) is 4.79 Å². The topological polar surface area (TPSA) is 60.7 Å². The molecule has 88 valence electrons. The maximum atomic E-state index is 11.5. The van der Waals surface area contributed by atoms with Gasteiger partial charge < -0.3 is 10.3 Å². The summed E-state index contributed by atoms with van der Waals surface area (Å²) in [6.45, 7) is 2.50. The lowest BCUT2D eigenvalue weighted by atomic mass is 10.2. The number of aryl methyl sites for hydroxylation is 1. The number of benzene rings is 1. The first-order valence-electron chi connectivity index (χ1n) is 5.26. The number of H-pyrrole nitrogens is 2. The molecular weight excluding hydrogens is 234 g/mol. The molecule has 0 amide bonds. The monoisotopic (exact) mass is 247 g/mol. The lowest BCUT2D eigenvalue weighted by molar-refractivity contribution is 0.994. The lowest BCUT2D eigenvalue weighted by Gasteiger charge is -2.05. The number of aromatic nitrogens is 2.